The van der Waals surface area contributed by atoms with Crippen LogP contribution < -0.4 is 0 Å². The molecule has 1 nitrogen and oxygen atoms in total. The van der Waals surface area contributed by atoms with Crippen LogP contribution >= 0.6 is 27.3 Å². The molecule has 1 aromatic rings. The molecule has 0 aromatic carbocycles. The van der Waals surface area contributed by atoms with Gasteiger partial charge in [0.1, 0.15) is 0 Å². The maximum Gasteiger partial charge on any atom is 0.0471 e. The van der Waals surface area contributed by atoms with Crippen molar-refractivity contribution in [3.63, 3.8) is 0 Å². The van der Waals surface area contributed by atoms with Crippen LogP contribution in [0.4, 0.5) is 0 Å². The van der Waals surface area contributed by atoms with Gasteiger partial charge in [0.15, 0.2) is 0 Å². The molecule has 1 aliphatic heterocycles. The van der Waals surface area contributed by atoms with Crippen LogP contribution in [0.5, 0.6) is 0 Å². The van der Waals surface area contributed by atoms with Gasteiger partial charge in [-0.05, 0) is 53.5 Å². The summed E-state index contributed by atoms with van der Waals surface area (Å²) < 4.78 is 5.44. The van der Waals surface area contributed by atoms with Gasteiger partial charge in [-0.15, -0.1) is 0 Å². The van der Waals surface area contributed by atoms with Gasteiger partial charge in [0.2, 0.25) is 0 Å². The summed E-state index contributed by atoms with van der Waals surface area (Å²) in [6.45, 7) is 1.88. The summed E-state index contributed by atoms with van der Waals surface area (Å²) in [5.74, 6) is 0. The van der Waals surface area contributed by atoms with E-state index in [9.17, 15) is 0 Å². The molecule has 0 amide bonds. The number of aryl methyl sites for hydroxylation is 1. The predicted molar refractivity (Wildman–Crippen MR) is 68.9 cm³/mol. The Labute approximate surface area is 104 Å². The van der Waals surface area contributed by atoms with Crippen LogP contribution in [0.2, 0.25) is 0 Å². The second-order valence-electron chi connectivity index (χ2n) is 4.38. The van der Waals surface area contributed by atoms with Crippen molar-refractivity contribution in [2.75, 3.05) is 18.5 Å². The Balaban J connectivity index is 1.89. The number of thiophene rings is 1. The van der Waals surface area contributed by atoms with Crippen LogP contribution in [0.25, 0.3) is 0 Å². The Morgan fingerprint density at radius 2 is 2.20 bits per heavy atom. The first kappa shape index (κ1) is 11.6. The number of hydrogen-bond donors (Lipinski definition) is 0. The van der Waals surface area contributed by atoms with Crippen molar-refractivity contribution in [2.45, 2.75) is 25.7 Å². The maximum atomic E-state index is 5.44. The minimum absolute atomic E-state index is 0.486. The monoisotopic (exact) mass is 288 g/mol. The van der Waals surface area contributed by atoms with Crippen molar-refractivity contribution in [3.8, 4) is 0 Å². The van der Waals surface area contributed by atoms with Crippen molar-refractivity contribution < 1.29 is 4.74 Å². The number of hydrogen-bond acceptors (Lipinski definition) is 2. The molecule has 1 aromatic heterocycles. The molecule has 0 saturated carbocycles. The van der Waals surface area contributed by atoms with Gasteiger partial charge in [0.25, 0.3) is 0 Å². The molecule has 0 bridgehead atoms. The van der Waals surface area contributed by atoms with E-state index in [4.69, 9.17) is 4.74 Å². The number of halogens is 1. The molecular weight excluding hydrogens is 272 g/mol. The molecule has 3 heteroatoms. The number of alkyl halides is 1. The highest BCUT2D eigenvalue weighted by atomic mass is 79.9. The van der Waals surface area contributed by atoms with Crippen LogP contribution in [-0.4, -0.2) is 18.5 Å². The maximum absolute atomic E-state index is 5.44. The molecule has 1 aliphatic rings. The second kappa shape index (κ2) is 5.46. The molecule has 0 atom stereocenters. The molecule has 0 radical (unpaired) electrons. The third-order valence-electron chi connectivity index (χ3n) is 3.36. The normalized spacial score (nSPS) is 20.3. The van der Waals surface area contributed by atoms with Gasteiger partial charge in [-0.3, -0.25) is 0 Å². The Morgan fingerprint density at radius 3 is 2.80 bits per heavy atom. The molecule has 15 heavy (non-hydrogen) atoms. The highest BCUT2D eigenvalue weighted by Gasteiger charge is 2.30. The van der Waals surface area contributed by atoms with Crippen molar-refractivity contribution in [1.82, 2.24) is 0 Å². The summed E-state index contributed by atoms with van der Waals surface area (Å²) in [6.07, 6.45) is 4.93. The van der Waals surface area contributed by atoms with Crippen molar-refractivity contribution in [2.24, 2.45) is 5.41 Å². The lowest BCUT2D eigenvalue weighted by atomic mass is 9.78. The fourth-order valence-electron chi connectivity index (χ4n) is 2.10. The molecule has 0 aliphatic carbocycles. The minimum Gasteiger partial charge on any atom is -0.381 e. The van der Waals surface area contributed by atoms with E-state index in [1.807, 2.05) is 0 Å². The molecule has 0 spiro atoms. The van der Waals surface area contributed by atoms with Crippen LogP contribution in [0, 0.1) is 5.41 Å². The molecule has 84 valence electrons. The third kappa shape index (κ3) is 3.05. The Kier molecular flexibility index (Phi) is 4.23. The zero-order valence-corrected chi connectivity index (χ0v) is 11.3. The standard InChI is InChI=1S/C12H17BrOS/c13-10-12(4-6-14-7-5-12)3-1-11-2-8-15-9-11/h2,8-9H,1,3-7,10H2. The van der Waals surface area contributed by atoms with Crippen LogP contribution in [0.15, 0.2) is 16.8 Å². The SMILES string of the molecule is BrCC1(CCc2ccsc2)CCOCC1. The Morgan fingerprint density at radius 1 is 1.40 bits per heavy atom. The van der Waals surface area contributed by atoms with Crippen LogP contribution in [0.3, 0.4) is 0 Å². The third-order valence-corrected chi connectivity index (χ3v) is 5.28. The van der Waals surface area contributed by atoms with Gasteiger partial charge < -0.3 is 4.74 Å². The quantitative estimate of drug-likeness (QED) is 0.764. The van der Waals surface area contributed by atoms with E-state index in [2.05, 4.69) is 32.8 Å². The van der Waals surface area contributed by atoms with E-state index in [1.54, 1.807) is 11.3 Å². The molecule has 1 saturated heterocycles. The van der Waals surface area contributed by atoms with Crippen molar-refractivity contribution >= 4 is 27.3 Å². The highest BCUT2D eigenvalue weighted by molar-refractivity contribution is 9.09. The number of rotatable bonds is 4. The fourth-order valence-corrected chi connectivity index (χ4v) is 3.64. The summed E-state index contributed by atoms with van der Waals surface area (Å²) in [5.41, 5.74) is 1.98. The highest BCUT2D eigenvalue weighted by Crippen LogP contribution is 2.37. The Bertz CT molecular complexity index is 278. The lowest BCUT2D eigenvalue weighted by Crippen LogP contribution is -2.31. The van der Waals surface area contributed by atoms with Gasteiger partial charge in [-0.25, -0.2) is 0 Å². The largest absolute Gasteiger partial charge is 0.381 e. The predicted octanol–water partition coefficient (Wildman–Crippen LogP) is 3.87. The van der Waals surface area contributed by atoms with Gasteiger partial charge in [-0.2, -0.15) is 11.3 Å². The van der Waals surface area contributed by atoms with Crippen LogP contribution in [-0.2, 0) is 11.2 Å². The second-order valence-corrected chi connectivity index (χ2v) is 5.72. The first-order valence-corrected chi connectivity index (χ1v) is 7.56. The lowest BCUT2D eigenvalue weighted by molar-refractivity contribution is 0.0229. The molecule has 0 unspecified atom stereocenters. The number of ether oxygens (including phenoxy) is 1. The minimum atomic E-state index is 0.486. The average molecular weight is 289 g/mol. The van der Waals surface area contributed by atoms with E-state index in [1.165, 1.54) is 31.2 Å². The van der Waals surface area contributed by atoms with E-state index in [0.29, 0.717) is 5.41 Å². The van der Waals surface area contributed by atoms with Crippen molar-refractivity contribution in [1.29, 1.82) is 0 Å². The van der Waals surface area contributed by atoms with Crippen molar-refractivity contribution in [3.05, 3.63) is 22.4 Å². The smallest absolute Gasteiger partial charge is 0.0471 e. The topological polar surface area (TPSA) is 9.23 Å². The average Bonchev–Trinajstić information content (AvgIpc) is 2.81. The van der Waals surface area contributed by atoms with Crippen LogP contribution in [0.1, 0.15) is 24.8 Å². The van der Waals surface area contributed by atoms with E-state index < -0.39 is 0 Å². The zero-order chi connectivity index (χ0) is 10.6. The van der Waals surface area contributed by atoms with Gasteiger partial charge in [-0.1, -0.05) is 15.9 Å². The molecule has 2 heterocycles. The summed E-state index contributed by atoms with van der Waals surface area (Å²) >= 11 is 5.48. The lowest BCUT2D eigenvalue weighted by Gasteiger charge is -2.35. The van der Waals surface area contributed by atoms with E-state index in [-0.39, 0.29) is 0 Å². The van der Waals surface area contributed by atoms with Gasteiger partial charge in [0.05, 0.1) is 0 Å². The first-order chi connectivity index (χ1) is 7.35. The molecule has 1 fully saturated rings. The van der Waals surface area contributed by atoms with E-state index in [0.717, 1.165) is 18.5 Å². The molecule has 2 rings (SSSR count). The van der Waals surface area contributed by atoms with Gasteiger partial charge in [0, 0.05) is 18.5 Å². The summed E-state index contributed by atoms with van der Waals surface area (Å²) in [4.78, 5) is 0. The first-order valence-electron chi connectivity index (χ1n) is 5.49. The summed E-state index contributed by atoms with van der Waals surface area (Å²) in [6, 6.07) is 2.24. The molecular formula is C12H17BrOS. The molecule has 0 N–H and O–H groups in total. The fraction of sp³-hybridized carbons (Fsp3) is 0.667. The van der Waals surface area contributed by atoms with E-state index >= 15 is 0 Å². The van der Waals surface area contributed by atoms with Gasteiger partial charge >= 0.3 is 0 Å². The Hall–Kier alpha value is 0.140. The summed E-state index contributed by atoms with van der Waals surface area (Å²) in [5, 5.41) is 5.55. The summed E-state index contributed by atoms with van der Waals surface area (Å²) in [7, 11) is 0. The zero-order valence-electron chi connectivity index (χ0n) is 8.88.